The van der Waals surface area contributed by atoms with Gasteiger partial charge in [-0.2, -0.15) is 0 Å². The minimum atomic E-state index is -0.632. The third kappa shape index (κ3) is 6.20. The SMILES string of the molecule is CC[C@@H](C(=O)NC)N(Cc1ccc(F)cc1)C(=O)COc1ccc(I)cc1. The van der Waals surface area contributed by atoms with Crippen LogP contribution in [0, 0.1) is 9.39 Å². The number of nitrogens with zero attached hydrogens (tertiary/aromatic N) is 1. The van der Waals surface area contributed by atoms with E-state index in [4.69, 9.17) is 4.74 Å². The number of benzene rings is 2. The highest BCUT2D eigenvalue weighted by Crippen LogP contribution is 2.16. The number of nitrogens with one attached hydrogen (secondary N) is 1. The van der Waals surface area contributed by atoms with Gasteiger partial charge in [-0.1, -0.05) is 19.1 Å². The van der Waals surface area contributed by atoms with Crippen molar-refractivity contribution in [1.29, 1.82) is 0 Å². The van der Waals surface area contributed by atoms with Gasteiger partial charge in [-0.15, -0.1) is 0 Å². The second-order valence-corrected chi connectivity index (χ2v) is 7.17. The molecule has 0 aliphatic heterocycles. The number of hydrogen-bond donors (Lipinski definition) is 1. The molecule has 0 saturated carbocycles. The van der Waals surface area contributed by atoms with Gasteiger partial charge in [0, 0.05) is 17.2 Å². The normalized spacial score (nSPS) is 11.6. The fourth-order valence-electron chi connectivity index (χ4n) is 2.63. The smallest absolute Gasteiger partial charge is 0.261 e. The highest BCUT2D eigenvalue weighted by atomic mass is 127. The van der Waals surface area contributed by atoms with Crippen LogP contribution in [0.4, 0.5) is 4.39 Å². The van der Waals surface area contributed by atoms with Gasteiger partial charge in [-0.25, -0.2) is 4.39 Å². The van der Waals surface area contributed by atoms with Crippen molar-refractivity contribution in [3.8, 4) is 5.75 Å². The zero-order valence-electron chi connectivity index (χ0n) is 15.2. The van der Waals surface area contributed by atoms with E-state index in [1.54, 1.807) is 24.3 Å². The van der Waals surface area contributed by atoms with Gasteiger partial charge in [-0.05, 0) is 71.0 Å². The summed E-state index contributed by atoms with van der Waals surface area (Å²) >= 11 is 2.19. The van der Waals surface area contributed by atoms with Crippen molar-refractivity contribution in [3.63, 3.8) is 0 Å². The Morgan fingerprint density at radius 3 is 2.33 bits per heavy atom. The van der Waals surface area contributed by atoms with Crippen LogP contribution in [0.25, 0.3) is 0 Å². The Morgan fingerprint density at radius 1 is 1.15 bits per heavy atom. The molecule has 0 fully saturated rings. The standard InChI is InChI=1S/C20H22FIN2O3/c1-3-18(20(26)23-2)24(12-14-4-6-15(21)7-5-14)19(25)13-27-17-10-8-16(22)9-11-17/h4-11,18H,3,12-13H2,1-2H3,(H,23,26)/t18-/m0/s1. The second kappa shape index (κ2) is 10.2. The minimum Gasteiger partial charge on any atom is -0.484 e. The van der Waals surface area contributed by atoms with Gasteiger partial charge in [0.15, 0.2) is 6.61 Å². The minimum absolute atomic E-state index is 0.185. The molecule has 0 aliphatic carbocycles. The van der Waals surface area contributed by atoms with E-state index < -0.39 is 6.04 Å². The molecule has 0 saturated heterocycles. The first-order chi connectivity index (χ1) is 12.9. The Morgan fingerprint density at radius 2 is 1.78 bits per heavy atom. The number of ether oxygens (including phenoxy) is 1. The lowest BCUT2D eigenvalue weighted by Crippen LogP contribution is -2.49. The molecular weight excluding hydrogens is 462 g/mol. The van der Waals surface area contributed by atoms with Crippen LogP contribution in [0.15, 0.2) is 48.5 Å². The molecule has 0 aliphatic rings. The molecule has 0 bridgehead atoms. The molecule has 1 N–H and O–H groups in total. The number of amides is 2. The molecule has 5 nitrogen and oxygen atoms in total. The number of carbonyl (C=O) groups excluding carboxylic acids is 2. The molecule has 2 aromatic carbocycles. The van der Waals surface area contributed by atoms with Crippen LogP contribution in [0.3, 0.4) is 0 Å². The molecule has 0 radical (unpaired) electrons. The van der Waals surface area contributed by atoms with Gasteiger partial charge < -0.3 is 15.0 Å². The van der Waals surface area contributed by atoms with Crippen LogP contribution in [0.1, 0.15) is 18.9 Å². The lowest BCUT2D eigenvalue weighted by atomic mass is 10.1. The van der Waals surface area contributed by atoms with Crippen molar-refractivity contribution < 1.29 is 18.7 Å². The van der Waals surface area contributed by atoms with Gasteiger partial charge in [-0.3, -0.25) is 9.59 Å². The molecular formula is C20H22FIN2O3. The van der Waals surface area contributed by atoms with Crippen LogP contribution in [0.2, 0.25) is 0 Å². The van der Waals surface area contributed by atoms with E-state index in [1.807, 2.05) is 19.1 Å². The Hall–Kier alpha value is -2.16. The molecule has 0 unspecified atom stereocenters. The highest BCUT2D eigenvalue weighted by Gasteiger charge is 2.28. The van der Waals surface area contributed by atoms with E-state index in [1.165, 1.54) is 24.1 Å². The monoisotopic (exact) mass is 484 g/mol. The fourth-order valence-corrected chi connectivity index (χ4v) is 2.99. The molecule has 2 aromatic rings. The summed E-state index contributed by atoms with van der Waals surface area (Å²) in [5.74, 6) is -0.328. The second-order valence-electron chi connectivity index (χ2n) is 5.93. The zero-order chi connectivity index (χ0) is 19.8. The quantitative estimate of drug-likeness (QED) is 0.585. The summed E-state index contributed by atoms with van der Waals surface area (Å²) in [6.45, 7) is 1.85. The van der Waals surface area contributed by atoms with Gasteiger partial charge in [0.1, 0.15) is 17.6 Å². The molecule has 27 heavy (non-hydrogen) atoms. The third-order valence-electron chi connectivity index (χ3n) is 4.07. The largest absolute Gasteiger partial charge is 0.484 e. The van der Waals surface area contributed by atoms with Crippen molar-refractivity contribution in [2.24, 2.45) is 0 Å². The van der Waals surface area contributed by atoms with Crippen LogP contribution < -0.4 is 10.1 Å². The van der Waals surface area contributed by atoms with E-state index in [-0.39, 0.29) is 30.8 Å². The van der Waals surface area contributed by atoms with E-state index >= 15 is 0 Å². The summed E-state index contributed by atoms with van der Waals surface area (Å²) in [6, 6.07) is 12.6. The first-order valence-electron chi connectivity index (χ1n) is 8.58. The van der Waals surface area contributed by atoms with Crippen LogP contribution in [0.5, 0.6) is 5.75 Å². The maximum Gasteiger partial charge on any atom is 0.261 e. The number of likely N-dealkylation sites (N-methyl/N-ethyl adjacent to an activating group) is 1. The van der Waals surface area contributed by atoms with E-state index in [2.05, 4.69) is 27.9 Å². The van der Waals surface area contributed by atoms with Crippen molar-refractivity contribution in [1.82, 2.24) is 10.2 Å². The third-order valence-corrected chi connectivity index (χ3v) is 4.79. The predicted molar refractivity (Wildman–Crippen MR) is 110 cm³/mol. The Bertz CT molecular complexity index is 766. The Kier molecular flexibility index (Phi) is 8.02. The van der Waals surface area contributed by atoms with E-state index in [9.17, 15) is 14.0 Å². The Balaban J connectivity index is 2.15. The maximum atomic E-state index is 13.2. The molecule has 144 valence electrons. The number of hydrogen-bond acceptors (Lipinski definition) is 3. The van der Waals surface area contributed by atoms with Crippen LogP contribution >= 0.6 is 22.6 Å². The summed E-state index contributed by atoms with van der Waals surface area (Å²) < 4.78 is 19.8. The summed E-state index contributed by atoms with van der Waals surface area (Å²) in [5.41, 5.74) is 0.737. The van der Waals surface area contributed by atoms with Crippen molar-refractivity contribution in [3.05, 3.63) is 63.5 Å². The van der Waals surface area contributed by atoms with E-state index in [0.717, 1.165) is 9.13 Å². The lowest BCUT2D eigenvalue weighted by Gasteiger charge is -2.30. The van der Waals surface area contributed by atoms with Crippen LogP contribution in [-0.4, -0.2) is 36.4 Å². The average molecular weight is 484 g/mol. The lowest BCUT2D eigenvalue weighted by molar-refractivity contribution is -0.142. The molecule has 0 spiro atoms. The molecule has 1 atom stereocenters. The van der Waals surface area contributed by atoms with Gasteiger partial charge >= 0.3 is 0 Å². The fraction of sp³-hybridized carbons (Fsp3) is 0.300. The molecule has 0 heterocycles. The van der Waals surface area contributed by atoms with Gasteiger partial charge in [0.05, 0.1) is 0 Å². The van der Waals surface area contributed by atoms with Crippen molar-refractivity contribution in [2.75, 3.05) is 13.7 Å². The van der Waals surface area contributed by atoms with Crippen molar-refractivity contribution >= 4 is 34.4 Å². The van der Waals surface area contributed by atoms with Crippen molar-refractivity contribution in [2.45, 2.75) is 25.9 Å². The van der Waals surface area contributed by atoms with Crippen LogP contribution in [-0.2, 0) is 16.1 Å². The molecule has 2 amide bonds. The summed E-state index contributed by atoms with van der Waals surface area (Å²) in [7, 11) is 1.54. The van der Waals surface area contributed by atoms with E-state index in [0.29, 0.717) is 12.2 Å². The average Bonchev–Trinajstić information content (AvgIpc) is 2.68. The molecule has 0 aromatic heterocycles. The summed E-state index contributed by atoms with van der Waals surface area (Å²) in [6.07, 6.45) is 0.455. The molecule has 7 heteroatoms. The van der Waals surface area contributed by atoms with Gasteiger partial charge in [0.25, 0.3) is 5.91 Å². The topological polar surface area (TPSA) is 58.6 Å². The molecule has 2 rings (SSSR count). The number of carbonyl (C=O) groups is 2. The first-order valence-corrected chi connectivity index (χ1v) is 9.66. The number of halogens is 2. The predicted octanol–water partition coefficient (Wildman–Crippen LogP) is 3.36. The summed E-state index contributed by atoms with van der Waals surface area (Å²) in [4.78, 5) is 26.5. The van der Waals surface area contributed by atoms with Gasteiger partial charge in [0.2, 0.25) is 5.91 Å². The summed E-state index contributed by atoms with van der Waals surface area (Å²) in [5, 5.41) is 2.59. The first kappa shape index (κ1) is 21.1. The Labute approximate surface area is 172 Å². The number of rotatable bonds is 8. The zero-order valence-corrected chi connectivity index (χ0v) is 17.4. The maximum absolute atomic E-state index is 13.2. The highest BCUT2D eigenvalue weighted by molar-refractivity contribution is 14.1.